The molecule has 0 amide bonds. The Morgan fingerprint density at radius 1 is 1.15 bits per heavy atom. The standard InChI is InChI=1S/C17H30N2O/c1-5-11-18-15(4)16-7-9-17(10-8-16)19(14(2)3)12-6-13-20/h7-10,14-15,18,20H,5-6,11-13H2,1-4H3. The van der Waals surface area contributed by atoms with Gasteiger partial charge >= 0.3 is 0 Å². The van der Waals surface area contributed by atoms with Crippen molar-refractivity contribution in [3.63, 3.8) is 0 Å². The molecule has 20 heavy (non-hydrogen) atoms. The van der Waals surface area contributed by atoms with Crippen molar-refractivity contribution >= 4 is 5.69 Å². The molecule has 1 unspecified atom stereocenters. The first-order valence-corrected chi connectivity index (χ1v) is 7.81. The highest BCUT2D eigenvalue weighted by atomic mass is 16.3. The maximum atomic E-state index is 9.01. The van der Waals surface area contributed by atoms with Gasteiger partial charge in [0.2, 0.25) is 0 Å². The minimum absolute atomic E-state index is 0.249. The van der Waals surface area contributed by atoms with Gasteiger partial charge in [-0.3, -0.25) is 0 Å². The summed E-state index contributed by atoms with van der Waals surface area (Å²) in [6.07, 6.45) is 1.97. The van der Waals surface area contributed by atoms with Crippen LogP contribution >= 0.6 is 0 Å². The summed E-state index contributed by atoms with van der Waals surface area (Å²) >= 11 is 0. The summed E-state index contributed by atoms with van der Waals surface area (Å²) in [6.45, 7) is 11.0. The van der Waals surface area contributed by atoms with Crippen molar-refractivity contribution in [2.45, 2.75) is 52.6 Å². The van der Waals surface area contributed by atoms with Gasteiger partial charge in [-0.2, -0.15) is 0 Å². The lowest BCUT2D eigenvalue weighted by atomic mass is 10.1. The highest BCUT2D eigenvalue weighted by Gasteiger charge is 2.11. The maximum absolute atomic E-state index is 9.01. The molecule has 3 heteroatoms. The highest BCUT2D eigenvalue weighted by molar-refractivity contribution is 5.48. The molecule has 0 aliphatic rings. The third-order valence-corrected chi connectivity index (χ3v) is 3.61. The number of hydrogen-bond donors (Lipinski definition) is 2. The van der Waals surface area contributed by atoms with Gasteiger partial charge in [0, 0.05) is 30.9 Å². The molecule has 3 nitrogen and oxygen atoms in total. The van der Waals surface area contributed by atoms with Crippen LogP contribution in [0.5, 0.6) is 0 Å². The Hall–Kier alpha value is -1.06. The van der Waals surface area contributed by atoms with Crippen LogP contribution in [0.15, 0.2) is 24.3 Å². The second-order valence-corrected chi connectivity index (χ2v) is 5.63. The van der Waals surface area contributed by atoms with Crippen molar-refractivity contribution in [1.29, 1.82) is 0 Å². The molecule has 1 aromatic rings. The van der Waals surface area contributed by atoms with Crippen LogP contribution in [-0.4, -0.2) is 30.8 Å². The Balaban J connectivity index is 2.72. The van der Waals surface area contributed by atoms with E-state index in [0.717, 1.165) is 25.9 Å². The van der Waals surface area contributed by atoms with Gasteiger partial charge in [-0.05, 0) is 57.9 Å². The zero-order chi connectivity index (χ0) is 15.0. The van der Waals surface area contributed by atoms with Crippen LogP contribution in [0.4, 0.5) is 5.69 Å². The predicted octanol–water partition coefficient (Wildman–Crippen LogP) is 3.34. The van der Waals surface area contributed by atoms with Crippen molar-refractivity contribution in [3.05, 3.63) is 29.8 Å². The van der Waals surface area contributed by atoms with E-state index >= 15 is 0 Å². The van der Waals surface area contributed by atoms with E-state index in [4.69, 9.17) is 5.11 Å². The molecule has 2 N–H and O–H groups in total. The summed E-state index contributed by atoms with van der Waals surface area (Å²) in [4.78, 5) is 2.34. The Kier molecular flexibility index (Phi) is 7.63. The average Bonchev–Trinajstić information content (AvgIpc) is 2.45. The summed E-state index contributed by atoms with van der Waals surface area (Å²) in [6, 6.07) is 9.64. The molecule has 0 aliphatic heterocycles. The topological polar surface area (TPSA) is 35.5 Å². The predicted molar refractivity (Wildman–Crippen MR) is 87.3 cm³/mol. The van der Waals surface area contributed by atoms with Crippen LogP contribution in [0.25, 0.3) is 0 Å². The van der Waals surface area contributed by atoms with E-state index < -0.39 is 0 Å². The van der Waals surface area contributed by atoms with Crippen LogP contribution in [0, 0.1) is 0 Å². The van der Waals surface area contributed by atoms with Crippen LogP contribution in [0.2, 0.25) is 0 Å². The van der Waals surface area contributed by atoms with Crippen LogP contribution in [0.1, 0.15) is 52.1 Å². The molecule has 0 aromatic heterocycles. The van der Waals surface area contributed by atoms with Crippen molar-refractivity contribution in [2.24, 2.45) is 0 Å². The van der Waals surface area contributed by atoms with Crippen molar-refractivity contribution in [3.8, 4) is 0 Å². The summed E-state index contributed by atoms with van der Waals surface area (Å²) in [5, 5.41) is 12.5. The van der Waals surface area contributed by atoms with Crippen LogP contribution < -0.4 is 10.2 Å². The molecule has 0 radical (unpaired) electrons. The van der Waals surface area contributed by atoms with E-state index in [-0.39, 0.29) is 6.61 Å². The number of benzene rings is 1. The number of hydrogen-bond acceptors (Lipinski definition) is 3. The molecule has 0 heterocycles. The lowest BCUT2D eigenvalue weighted by Crippen LogP contribution is -2.32. The van der Waals surface area contributed by atoms with Crippen molar-refractivity contribution < 1.29 is 5.11 Å². The third kappa shape index (κ3) is 5.14. The number of rotatable bonds is 9. The van der Waals surface area contributed by atoms with Gasteiger partial charge in [-0.1, -0.05) is 19.1 Å². The quantitative estimate of drug-likeness (QED) is 0.727. The van der Waals surface area contributed by atoms with Gasteiger partial charge in [-0.15, -0.1) is 0 Å². The number of nitrogens with one attached hydrogen (secondary N) is 1. The molecular formula is C17H30N2O. The fourth-order valence-corrected chi connectivity index (χ4v) is 2.36. The first-order chi connectivity index (χ1) is 9.60. The van der Waals surface area contributed by atoms with Crippen LogP contribution in [0.3, 0.4) is 0 Å². The zero-order valence-electron chi connectivity index (χ0n) is 13.4. The average molecular weight is 278 g/mol. The Morgan fingerprint density at radius 3 is 2.30 bits per heavy atom. The summed E-state index contributed by atoms with van der Waals surface area (Å²) in [5.74, 6) is 0. The van der Waals surface area contributed by atoms with E-state index in [1.54, 1.807) is 0 Å². The molecule has 1 atom stereocenters. The zero-order valence-corrected chi connectivity index (χ0v) is 13.4. The third-order valence-electron chi connectivity index (χ3n) is 3.61. The summed E-state index contributed by atoms with van der Waals surface area (Å²) < 4.78 is 0. The monoisotopic (exact) mass is 278 g/mol. The molecule has 0 spiro atoms. The maximum Gasteiger partial charge on any atom is 0.0447 e. The lowest BCUT2D eigenvalue weighted by Gasteiger charge is -2.29. The summed E-state index contributed by atoms with van der Waals surface area (Å²) in [7, 11) is 0. The lowest BCUT2D eigenvalue weighted by molar-refractivity contribution is 0.288. The van der Waals surface area contributed by atoms with Crippen molar-refractivity contribution in [2.75, 3.05) is 24.6 Å². The van der Waals surface area contributed by atoms with E-state index in [2.05, 4.69) is 62.2 Å². The molecular weight excluding hydrogens is 248 g/mol. The van der Waals surface area contributed by atoms with Crippen LogP contribution in [-0.2, 0) is 0 Å². The van der Waals surface area contributed by atoms with Gasteiger partial charge in [0.15, 0.2) is 0 Å². The Labute approximate surface area is 124 Å². The van der Waals surface area contributed by atoms with E-state index in [1.807, 2.05) is 0 Å². The minimum Gasteiger partial charge on any atom is -0.396 e. The van der Waals surface area contributed by atoms with E-state index in [1.165, 1.54) is 11.3 Å². The summed E-state index contributed by atoms with van der Waals surface area (Å²) in [5.41, 5.74) is 2.56. The number of anilines is 1. The molecule has 0 saturated carbocycles. The molecule has 0 fully saturated rings. The van der Waals surface area contributed by atoms with Gasteiger partial charge in [0.1, 0.15) is 0 Å². The normalized spacial score (nSPS) is 12.7. The molecule has 0 bridgehead atoms. The highest BCUT2D eigenvalue weighted by Crippen LogP contribution is 2.21. The Morgan fingerprint density at radius 2 is 1.80 bits per heavy atom. The van der Waals surface area contributed by atoms with Gasteiger partial charge in [-0.25, -0.2) is 0 Å². The van der Waals surface area contributed by atoms with Gasteiger partial charge in [0.25, 0.3) is 0 Å². The largest absolute Gasteiger partial charge is 0.396 e. The van der Waals surface area contributed by atoms with E-state index in [0.29, 0.717) is 12.1 Å². The smallest absolute Gasteiger partial charge is 0.0447 e. The molecule has 1 rings (SSSR count). The van der Waals surface area contributed by atoms with Crippen molar-refractivity contribution in [1.82, 2.24) is 5.32 Å². The fourth-order valence-electron chi connectivity index (χ4n) is 2.36. The van der Waals surface area contributed by atoms with E-state index in [9.17, 15) is 0 Å². The molecule has 0 saturated heterocycles. The number of aliphatic hydroxyl groups is 1. The molecule has 1 aromatic carbocycles. The van der Waals surface area contributed by atoms with Gasteiger partial charge < -0.3 is 15.3 Å². The number of nitrogens with zero attached hydrogens (tertiary/aromatic N) is 1. The second kappa shape index (κ2) is 8.98. The second-order valence-electron chi connectivity index (χ2n) is 5.63. The van der Waals surface area contributed by atoms with Gasteiger partial charge in [0.05, 0.1) is 0 Å². The Bertz CT molecular complexity index is 362. The first-order valence-electron chi connectivity index (χ1n) is 7.81. The molecule has 114 valence electrons. The fraction of sp³-hybridized carbons (Fsp3) is 0.647. The first kappa shape index (κ1) is 17.0. The molecule has 0 aliphatic carbocycles. The minimum atomic E-state index is 0.249. The SMILES string of the molecule is CCCNC(C)c1ccc(N(CCCO)C(C)C)cc1. The number of aliphatic hydroxyl groups excluding tert-OH is 1.